The zero-order valence-corrected chi connectivity index (χ0v) is 6.15. The zero-order chi connectivity index (χ0) is 6.91. The molecule has 0 aromatic carbocycles. The minimum atomic E-state index is -0.380. The van der Waals surface area contributed by atoms with Gasteiger partial charge in [-0.1, -0.05) is 0 Å². The van der Waals surface area contributed by atoms with Crippen LogP contribution < -0.4 is 5.32 Å². The monoisotopic (exact) mass is 129 g/mol. The van der Waals surface area contributed by atoms with Gasteiger partial charge in [0.1, 0.15) is 0 Å². The molecule has 0 heterocycles. The van der Waals surface area contributed by atoms with E-state index in [4.69, 9.17) is 0 Å². The molecule has 54 valence electrons. The van der Waals surface area contributed by atoms with Crippen LogP contribution in [0.15, 0.2) is 0 Å². The van der Waals surface area contributed by atoms with Crippen molar-refractivity contribution in [3.63, 3.8) is 0 Å². The minimum Gasteiger partial charge on any atom is -0.388 e. The maximum Gasteiger partial charge on any atom is 0.0797 e. The molecule has 0 aromatic rings. The number of hydrogen-bond acceptors (Lipinski definition) is 2. The quantitative estimate of drug-likeness (QED) is 0.569. The van der Waals surface area contributed by atoms with E-state index in [0.29, 0.717) is 0 Å². The Kier molecular flexibility index (Phi) is 1.78. The average molecular weight is 129 g/mol. The molecule has 2 heteroatoms. The van der Waals surface area contributed by atoms with Crippen LogP contribution in [0.5, 0.6) is 0 Å². The van der Waals surface area contributed by atoms with Crippen molar-refractivity contribution in [3.05, 3.63) is 0 Å². The highest BCUT2D eigenvalue weighted by Crippen LogP contribution is 2.34. The summed E-state index contributed by atoms with van der Waals surface area (Å²) in [5.74, 6) is 0. The van der Waals surface area contributed by atoms with Gasteiger partial charge in [0, 0.05) is 6.04 Å². The van der Waals surface area contributed by atoms with Crippen molar-refractivity contribution >= 4 is 0 Å². The van der Waals surface area contributed by atoms with Crippen molar-refractivity contribution in [2.45, 2.75) is 37.8 Å². The summed E-state index contributed by atoms with van der Waals surface area (Å²) in [7, 11) is 1.89. The van der Waals surface area contributed by atoms with Crippen LogP contribution in [0.2, 0.25) is 0 Å². The molecule has 1 aliphatic rings. The van der Waals surface area contributed by atoms with Crippen molar-refractivity contribution in [2.75, 3.05) is 7.05 Å². The Labute approximate surface area is 56.3 Å². The lowest BCUT2D eigenvalue weighted by Gasteiger charge is -2.41. The largest absolute Gasteiger partial charge is 0.388 e. The summed E-state index contributed by atoms with van der Waals surface area (Å²) in [5.41, 5.74) is -0.380. The molecule has 0 radical (unpaired) electrons. The molecular weight excluding hydrogens is 114 g/mol. The second-order valence-electron chi connectivity index (χ2n) is 2.97. The molecule has 0 spiro atoms. The third-order valence-electron chi connectivity index (χ3n) is 2.46. The van der Waals surface area contributed by atoms with Crippen LogP contribution in [0.4, 0.5) is 0 Å². The smallest absolute Gasteiger partial charge is 0.0797 e. The molecule has 1 fully saturated rings. The van der Waals surface area contributed by atoms with Gasteiger partial charge in [-0.05, 0) is 33.2 Å². The highest BCUT2D eigenvalue weighted by atomic mass is 16.3. The molecule has 0 bridgehead atoms. The Morgan fingerprint density at radius 1 is 1.56 bits per heavy atom. The number of aliphatic hydroxyl groups is 1. The Hall–Kier alpha value is -0.0800. The summed E-state index contributed by atoms with van der Waals surface area (Å²) in [4.78, 5) is 0. The first-order chi connectivity index (χ1) is 4.19. The van der Waals surface area contributed by atoms with Crippen LogP contribution in [0.25, 0.3) is 0 Å². The first kappa shape index (κ1) is 7.03. The van der Waals surface area contributed by atoms with Gasteiger partial charge in [-0.15, -0.1) is 0 Å². The summed E-state index contributed by atoms with van der Waals surface area (Å²) in [6.45, 7) is 2.03. The molecule has 0 aromatic heterocycles. The number of hydrogen-bond donors (Lipinski definition) is 2. The van der Waals surface area contributed by atoms with Crippen LogP contribution in [0.1, 0.15) is 26.2 Å². The molecule has 2 nitrogen and oxygen atoms in total. The highest BCUT2D eigenvalue weighted by Gasteiger charge is 2.38. The Morgan fingerprint density at radius 2 is 2.11 bits per heavy atom. The number of rotatable bonds is 2. The standard InChI is InChI=1S/C7H15NO/c1-6(8-2)7(9)4-3-5-7/h6,8-9H,3-5H2,1-2H3. The maximum absolute atomic E-state index is 9.62. The first-order valence-electron chi connectivity index (χ1n) is 3.59. The molecular formula is C7H15NO. The van der Waals surface area contributed by atoms with E-state index in [1.54, 1.807) is 0 Å². The van der Waals surface area contributed by atoms with E-state index in [1.807, 2.05) is 14.0 Å². The average Bonchev–Trinajstić information content (AvgIpc) is 1.81. The predicted octanol–water partition coefficient (Wildman–Crippen LogP) is 0.509. The summed E-state index contributed by atoms with van der Waals surface area (Å²) in [6, 6.07) is 0.256. The van der Waals surface area contributed by atoms with Crippen molar-refractivity contribution in [2.24, 2.45) is 0 Å². The van der Waals surface area contributed by atoms with Crippen molar-refractivity contribution in [1.29, 1.82) is 0 Å². The summed E-state index contributed by atoms with van der Waals surface area (Å²) in [5, 5.41) is 12.7. The van der Waals surface area contributed by atoms with E-state index < -0.39 is 0 Å². The fourth-order valence-electron chi connectivity index (χ4n) is 1.24. The molecule has 0 aliphatic heterocycles. The van der Waals surface area contributed by atoms with Crippen LogP contribution in [-0.4, -0.2) is 23.8 Å². The van der Waals surface area contributed by atoms with Gasteiger partial charge in [-0.2, -0.15) is 0 Å². The van der Waals surface area contributed by atoms with E-state index >= 15 is 0 Å². The fourth-order valence-corrected chi connectivity index (χ4v) is 1.24. The minimum absolute atomic E-state index is 0.256. The molecule has 1 atom stereocenters. The lowest BCUT2D eigenvalue weighted by atomic mass is 9.75. The van der Waals surface area contributed by atoms with E-state index in [-0.39, 0.29) is 11.6 Å². The Bertz CT molecular complexity index is 99.1. The van der Waals surface area contributed by atoms with E-state index in [9.17, 15) is 5.11 Å². The van der Waals surface area contributed by atoms with Crippen LogP contribution >= 0.6 is 0 Å². The summed E-state index contributed by atoms with van der Waals surface area (Å²) in [6.07, 6.45) is 3.12. The normalized spacial score (nSPS) is 27.0. The molecule has 2 N–H and O–H groups in total. The second-order valence-corrected chi connectivity index (χ2v) is 2.97. The second kappa shape index (κ2) is 2.27. The number of nitrogens with one attached hydrogen (secondary N) is 1. The Morgan fingerprint density at radius 3 is 2.22 bits per heavy atom. The number of likely N-dealkylation sites (N-methyl/N-ethyl adjacent to an activating group) is 1. The van der Waals surface area contributed by atoms with Crippen molar-refractivity contribution in [1.82, 2.24) is 5.32 Å². The van der Waals surface area contributed by atoms with Gasteiger partial charge in [-0.3, -0.25) is 0 Å². The fraction of sp³-hybridized carbons (Fsp3) is 1.00. The van der Waals surface area contributed by atoms with E-state index in [1.165, 1.54) is 6.42 Å². The topological polar surface area (TPSA) is 32.3 Å². The molecule has 1 aliphatic carbocycles. The SMILES string of the molecule is CNC(C)C1(O)CCC1. The molecule has 1 saturated carbocycles. The molecule has 1 unspecified atom stereocenters. The lowest BCUT2D eigenvalue weighted by molar-refractivity contribution is -0.0580. The zero-order valence-electron chi connectivity index (χ0n) is 6.15. The van der Waals surface area contributed by atoms with Gasteiger partial charge in [0.2, 0.25) is 0 Å². The summed E-state index contributed by atoms with van der Waals surface area (Å²) < 4.78 is 0. The van der Waals surface area contributed by atoms with Gasteiger partial charge < -0.3 is 10.4 Å². The van der Waals surface area contributed by atoms with Gasteiger partial charge in [0.05, 0.1) is 5.60 Å². The van der Waals surface area contributed by atoms with Crippen LogP contribution in [0, 0.1) is 0 Å². The molecule has 9 heavy (non-hydrogen) atoms. The third-order valence-corrected chi connectivity index (χ3v) is 2.46. The van der Waals surface area contributed by atoms with Crippen molar-refractivity contribution in [3.8, 4) is 0 Å². The van der Waals surface area contributed by atoms with E-state index in [2.05, 4.69) is 5.32 Å². The van der Waals surface area contributed by atoms with Crippen LogP contribution in [-0.2, 0) is 0 Å². The van der Waals surface area contributed by atoms with Gasteiger partial charge in [0.15, 0.2) is 0 Å². The summed E-state index contributed by atoms with van der Waals surface area (Å²) >= 11 is 0. The van der Waals surface area contributed by atoms with Gasteiger partial charge >= 0.3 is 0 Å². The highest BCUT2D eigenvalue weighted by molar-refractivity contribution is 4.94. The van der Waals surface area contributed by atoms with Crippen molar-refractivity contribution < 1.29 is 5.11 Å². The molecule has 1 rings (SSSR count). The van der Waals surface area contributed by atoms with Gasteiger partial charge in [0.25, 0.3) is 0 Å². The lowest BCUT2D eigenvalue weighted by Crippen LogP contribution is -2.52. The molecule has 0 amide bonds. The Balaban J connectivity index is 2.38. The predicted molar refractivity (Wildman–Crippen MR) is 37.3 cm³/mol. The van der Waals surface area contributed by atoms with E-state index in [0.717, 1.165) is 12.8 Å². The van der Waals surface area contributed by atoms with Crippen LogP contribution in [0.3, 0.4) is 0 Å². The third kappa shape index (κ3) is 1.10. The first-order valence-corrected chi connectivity index (χ1v) is 3.59. The molecule has 0 saturated heterocycles. The van der Waals surface area contributed by atoms with Gasteiger partial charge in [-0.25, -0.2) is 0 Å². The maximum atomic E-state index is 9.62.